The third kappa shape index (κ3) is 4.29. The third-order valence-electron chi connectivity index (χ3n) is 5.08. The number of hydrogen-bond acceptors (Lipinski definition) is 7. The van der Waals surface area contributed by atoms with E-state index in [2.05, 4.69) is 25.3 Å². The smallest absolute Gasteiger partial charge is 0.259 e. The van der Waals surface area contributed by atoms with Crippen LogP contribution >= 0.6 is 0 Å². The van der Waals surface area contributed by atoms with E-state index in [1.165, 1.54) is 0 Å². The molecule has 0 radical (unpaired) electrons. The first kappa shape index (κ1) is 19.6. The van der Waals surface area contributed by atoms with Crippen molar-refractivity contribution in [2.45, 2.75) is 19.8 Å². The number of piperidine rings is 1. The molecule has 1 fully saturated rings. The van der Waals surface area contributed by atoms with Crippen molar-refractivity contribution in [2.75, 3.05) is 23.3 Å². The molecule has 1 aliphatic rings. The highest BCUT2D eigenvalue weighted by Crippen LogP contribution is 2.25. The van der Waals surface area contributed by atoms with Crippen LogP contribution in [-0.4, -0.2) is 40.0 Å². The minimum absolute atomic E-state index is 0.0514. The standard InChI is InChI=1S/C21H22N6O3/c1-13-24-21(30-26-13)15-6-9-18(23-11-15)27-10-2-3-16(12-27)20(29)25-17-7-4-14(5-8-17)19(22)28/h4-9,11,16H,2-3,10,12H2,1H3,(H2,22,28)(H,25,29)/t16-/m0/s1. The van der Waals surface area contributed by atoms with Crippen LogP contribution in [0, 0.1) is 12.8 Å². The van der Waals surface area contributed by atoms with Gasteiger partial charge in [0.2, 0.25) is 11.8 Å². The number of benzene rings is 1. The van der Waals surface area contributed by atoms with Gasteiger partial charge in [0.25, 0.3) is 5.89 Å². The molecule has 154 valence electrons. The zero-order valence-electron chi connectivity index (χ0n) is 16.5. The van der Waals surface area contributed by atoms with Gasteiger partial charge in [-0.05, 0) is 56.2 Å². The van der Waals surface area contributed by atoms with Crippen molar-refractivity contribution >= 4 is 23.3 Å². The van der Waals surface area contributed by atoms with Gasteiger partial charge in [0.1, 0.15) is 5.82 Å². The topological polar surface area (TPSA) is 127 Å². The van der Waals surface area contributed by atoms with Gasteiger partial charge in [0.15, 0.2) is 5.82 Å². The number of anilines is 2. The van der Waals surface area contributed by atoms with Gasteiger partial charge in [0.05, 0.1) is 11.5 Å². The molecule has 3 heterocycles. The summed E-state index contributed by atoms with van der Waals surface area (Å²) in [6.07, 6.45) is 3.40. The number of carbonyl (C=O) groups is 2. The molecule has 0 aliphatic carbocycles. The van der Waals surface area contributed by atoms with E-state index in [9.17, 15) is 9.59 Å². The highest BCUT2D eigenvalue weighted by molar-refractivity contribution is 5.95. The molecule has 2 aromatic heterocycles. The second-order valence-electron chi connectivity index (χ2n) is 7.27. The first-order valence-electron chi connectivity index (χ1n) is 9.72. The summed E-state index contributed by atoms with van der Waals surface area (Å²) in [7, 11) is 0. The molecule has 0 saturated carbocycles. The maximum Gasteiger partial charge on any atom is 0.259 e. The van der Waals surface area contributed by atoms with Gasteiger partial charge in [-0.25, -0.2) is 4.98 Å². The minimum atomic E-state index is -0.497. The predicted molar refractivity (Wildman–Crippen MR) is 111 cm³/mol. The third-order valence-corrected chi connectivity index (χ3v) is 5.08. The Morgan fingerprint density at radius 1 is 1.20 bits per heavy atom. The van der Waals surface area contributed by atoms with Crippen molar-refractivity contribution in [1.29, 1.82) is 0 Å². The molecule has 9 nitrogen and oxygen atoms in total. The van der Waals surface area contributed by atoms with E-state index < -0.39 is 5.91 Å². The number of hydrogen-bond donors (Lipinski definition) is 2. The SMILES string of the molecule is Cc1noc(-c2ccc(N3CCC[C@H](C(=O)Nc4ccc(C(N)=O)cc4)C3)nc2)n1. The van der Waals surface area contributed by atoms with Crippen LogP contribution in [0.25, 0.3) is 11.5 Å². The number of rotatable bonds is 5. The van der Waals surface area contributed by atoms with Crippen LogP contribution in [0.3, 0.4) is 0 Å². The van der Waals surface area contributed by atoms with E-state index >= 15 is 0 Å². The number of nitrogens with one attached hydrogen (secondary N) is 1. The molecule has 1 saturated heterocycles. The summed E-state index contributed by atoms with van der Waals surface area (Å²) in [6, 6.07) is 10.3. The molecule has 1 aliphatic heterocycles. The minimum Gasteiger partial charge on any atom is -0.366 e. The van der Waals surface area contributed by atoms with Crippen LogP contribution in [0.2, 0.25) is 0 Å². The fraction of sp³-hybridized carbons (Fsp3) is 0.286. The second-order valence-corrected chi connectivity index (χ2v) is 7.27. The maximum absolute atomic E-state index is 12.7. The van der Waals surface area contributed by atoms with E-state index in [0.717, 1.165) is 30.8 Å². The van der Waals surface area contributed by atoms with E-state index in [4.69, 9.17) is 10.3 Å². The maximum atomic E-state index is 12.7. The summed E-state index contributed by atoms with van der Waals surface area (Å²) in [4.78, 5) is 34.7. The summed E-state index contributed by atoms with van der Waals surface area (Å²) >= 11 is 0. The Hall–Kier alpha value is -3.75. The number of carbonyl (C=O) groups excluding carboxylic acids is 2. The highest BCUT2D eigenvalue weighted by Gasteiger charge is 2.26. The van der Waals surface area contributed by atoms with Gasteiger partial charge in [-0.2, -0.15) is 4.98 Å². The molecule has 3 N–H and O–H groups in total. The fourth-order valence-corrected chi connectivity index (χ4v) is 3.48. The number of nitrogens with two attached hydrogens (primary N) is 1. The molecule has 2 amide bonds. The molecular weight excluding hydrogens is 384 g/mol. The second kappa shape index (κ2) is 8.32. The van der Waals surface area contributed by atoms with Crippen molar-refractivity contribution in [1.82, 2.24) is 15.1 Å². The lowest BCUT2D eigenvalue weighted by Gasteiger charge is -2.32. The summed E-state index contributed by atoms with van der Waals surface area (Å²) in [6.45, 7) is 3.18. The van der Waals surface area contributed by atoms with Crippen LogP contribution in [-0.2, 0) is 4.79 Å². The monoisotopic (exact) mass is 406 g/mol. The van der Waals surface area contributed by atoms with E-state index in [0.29, 0.717) is 29.5 Å². The van der Waals surface area contributed by atoms with Gasteiger partial charge in [-0.3, -0.25) is 9.59 Å². The number of pyridine rings is 1. The Bertz CT molecular complexity index is 1050. The molecule has 1 atom stereocenters. The molecule has 0 unspecified atom stereocenters. The molecule has 9 heteroatoms. The lowest BCUT2D eigenvalue weighted by atomic mass is 9.97. The van der Waals surface area contributed by atoms with E-state index in [1.807, 2.05) is 12.1 Å². The molecule has 4 rings (SSSR count). The molecule has 30 heavy (non-hydrogen) atoms. The van der Waals surface area contributed by atoms with Gasteiger partial charge >= 0.3 is 0 Å². The van der Waals surface area contributed by atoms with Crippen molar-refractivity contribution in [2.24, 2.45) is 11.7 Å². The lowest BCUT2D eigenvalue weighted by molar-refractivity contribution is -0.120. The van der Waals surface area contributed by atoms with Crippen LogP contribution in [0.4, 0.5) is 11.5 Å². The van der Waals surface area contributed by atoms with Crippen LogP contribution < -0.4 is 16.0 Å². The number of nitrogens with zero attached hydrogens (tertiary/aromatic N) is 4. The molecule has 0 spiro atoms. The quantitative estimate of drug-likeness (QED) is 0.666. The first-order valence-corrected chi connectivity index (χ1v) is 9.72. The van der Waals surface area contributed by atoms with Crippen molar-refractivity contribution in [3.8, 4) is 11.5 Å². The van der Waals surface area contributed by atoms with Crippen molar-refractivity contribution < 1.29 is 14.1 Å². The van der Waals surface area contributed by atoms with E-state index in [-0.39, 0.29) is 11.8 Å². The van der Waals surface area contributed by atoms with Gasteiger partial charge < -0.3 is 20.5 Å². The number of primary amides is 1. The number of aryl methyl sites for hydroxylation is 1. The Labute approximate surface area is 173 Å². The summed E-state index contributed by atoms with van der Waals surface area (Å²) < 4.78 is 5.17. The molecule has 0 bridgehead atoms. The van der Waals surface area contributed by atoms with Gasteiger partial charge in [0, 0.05) is 30.5 Å². The summed E-state index contributed by atoms with van der Waals surface area (Å²) in [5.74, 6) is 1.11. The van der Waals surface area contributed by atoms with Gasteiger partial charge in [-0.15, -0.1) is 0 Å². The van der Waals surface area contributed by atoms with Crippen LogP contribution in [0.5, 0.6) is 0 Å². The lowest BCUT2D eigenvalue weighted by Crippen LogP contribution is -2.41. The van der Waals surface area contributed by atoms with Crippen molar-refractivity contribution in [3.63, 3.8) is 0 Å². The molecule has 1 aromatic carbocycles. The Balaban J connectivity index is 1.40. The average molecular weight is 406 g/mol. The molecule has 3 aromatic rings. The Kier molecular flexibility index (Phi) is 5.42. The largest absolute Gasteiger partial charge is 0.366 e. The van der Waals surface area contributed by atoms with Crippen molar-refractivity contribution in [3.05, 3.63) is 54.0 Å². The van der Waals surface area contributed by atoms with E-state index in [1.54, 1.807) is 37.4 Å². The summed E-state index contributed by atoms with van der Waals surface area (Å²) in [5.41, 5.74) is 7.04. The summed E-state index contributed by atoms with van der Waals surface area (Å²) in [5, 5.41) is 6.71. The fourth-order valence-electron chi connectivity index (χ4n) is 3.48. The highest BCUT2D eigenvalue weighted by atomic mass is 16.5. The zero-order valence-corrected chi connectivity index (χ0v) is 16.5. The first-order chi connectivity index (χ1) is 14.5. The van der Waals surface area contributed by atoms with Crippen LogP contribution in [0.15, 0.2) is 47.1 Å². The van der Waals surface area contributed by atoms with Gasteiger partial charge in [-0.1, -0.05) is 5.16 Å². The number of aromatic nitrogens is 3. The number of amides is 2. The predicted octanol–water partition coefficient (Wildman–Crippen LogP) is 2.39. The molecular formula is C21H22N6O3. The Morgan fingerprint density at radius 3 is 2.63 bits per heavy atom. The average Bonchev–Trinajstić information content (AvgIpc) is 3.20. The Morgan fingerprint density at radius 2 is 2.00 bits per heavy atom. The normalized spacial score (nSPS) is 16.3. The van der Waals surface area contributed by atoms with Crippen LogP contribution in [0.1, 0.15) is 29.0 Å². The zero-order chi connectivity index (χ0) is 21.1.